The number of anilines is 5. The first-order valence-electron chi connectivity index (χ1n) is 34.0. The number of benzene rings is 11. The SMILES string of the molecule is C1=CN2B(C=Cc3ccccc32)C(C2(c3ccnc(-n4c5ccccc5c5ccc(Oc6cc(-c7c(-c8ccccc8)cccc7-c7ccccc7)cc(N7CN(c8c(-c9ccccc9)cccc8-c8ccccc8)c8ccccc87)c6)cc54)c3)C3CC4CC(C3)CC2C4)=C1. The second kappa shape index (κ2) is 22.6. The summed E-state index contributed by atoms with van der Waals surface area (Å²) in [5.41, 5.74) is 23.4. The van der Waals surface area contributed by atoms with Gasteiger partial charge in [0.15, 0.2) is 0 Å². The van der Waals surface area contributed by atoms with E-state index < -0.39 is 0 Å². The largest absolute Gasteiger partial charge is 0.457 e. The van der Waals surface area contributed by atoms with Crippen LogP contribution in [0.15, 0.2) is 315 Å². The van der Waals surface area contributed by atoms with E-state index in [0.29, 0.717) is 18.5 Å². The summed E-state index contributed by atoms with van der Waals surface area (Å²) in [7, 11) is 0. The van der Waals surface area contributed by atoms with E-state index in [9.17, 15) is 0 Å². The number of pyridine rings is 1. The van der Waals surface area contributed by atoms with Gasteiger partial charge in [0.25, 0.3) is 0 Å². The van der Waals surface area contributed by atoms with Crippen molar-refractivity contribution in [2.75, 3.05) is 21.3 Å². The Morgan fingerprint density at radius 3 is 1.67 bits per heavy atom. The molecule has 3 aliphatic heterocycles. The van der Waals surface area contributed by atoms with Crippen LogP contribution in [0.4, 0.5) is 28.4 Å². The van der Waals surface area contributed by atoms with Crippen molar-refractivity contribution < 1.29 is 4.74 Å². The summed E-state index contributed by atoms with van der Waals surface area (Å²) < 4.78 is 9.95. The van der Waals surface area contributed by atoms with E-state index in [1.54, 1.807) is 0 Å². The number of hydrogen-bond acceptors (Lipinski definition) is 5. The predicted octanol–water partition coefficient (Wildman–Crippen LogP) is 22.3. The van der Waals surface area contributed by atoms with Crippen molar-refractivity contribution in [3.8, 4) is 73.0 Å². The van der Waals surface area contributed by atoms with Crippen LogP contribution in [-0.4, -0.2) is 23.1 Å². The predicted molar refractivity (Wildman–Crippen MR) is 394 cm³/mol. The highest BCUT2D eigenvalue weighted by atomic mass is 16.5. The van der Waals surface area contributed by atoms with Crippen LogP contribution < -0.4 is 19.3 Å². The molecule has 2 aromatic heterocycles. The number of nitrogens with zero attached hydrogens (tertiary/aromatic N) is 5. The van der Waals surface area contributed by atoms with Crippen LogP contribution in [0.5, 0.6) is 11.5 Å². The van der Waals surface area contributed by atoms with Crippen LogP contribution >= 0.6 is 0 Å². The van der Waals surface area contributed by atoms with Crippen LogP contribution in [-0.2, 0) is 5.41 Å². The van der Waals surface area contributed by atoms with Gasteiger partial charge in [-0.3, -0.25) is 4.57 Å². The quantitative estimate of drug-likeness (QED) is 0.114. The van der Waals surface area contributed by atoms with Gasteiger partial charge in [0.1, 0.15) is 24.0 Å². The summed E-state index contributed by atoms with van der Waals surface area (Å²) in [4.78, 5) is 13.0. The molecule has 6 nitrogen and oxygen atoms in total. The first-order chi connectivity index (χ1) is 47.1. The number of para-hydroxylation sites is 5. The third-order valence-electron chi connectivity index (χ3n) is 22.0. The van der Waals surface area contributed by atoms with Gasteiger partial charge in [-0.05, 0) is 184 Å². The molecule has 13 aromatic rings. The maximum absolute atomic E-state index is 7.54. The molecule has 20 rings (SSSR count). The van der Waals surface area contributed by atoms with Crippen LogP contribution in [0.2, 0.25) is 0 Å². The Morgan fingerprint density at radius 2 is 1.01 bits per heavy atom. The van der Waals surface area contributed by atoms with Crippen LogP contribution in [0.25, 0.3) is 89.3 Å². The topological polar surface area (TPSA) is 36.8 Å². The maximum Gasteiger partial charge on any atom is 0.316 e. The zero-order valence-corrected chi connectivity index (χ0v) is 52.8. The minimum atomic E-state index is -0.146. The lowest BCUT2D eigenvalue weighted by Crippen LogP contribution is -2.60. The second-order valence-electron chi connectivity index (χ2n) is 27.0. The Morgan fingerprint density at radius 1 is 0.442 bits per heavy atom. The fourth-order valence-corrected chi connectivity index (χ4v) is 18.4. The molecule has 4 saturated carbocycles. The monoisotopic (exact) mass is 1220 g/mol. The average molecular weight is 1220 g/mol. The number of ether oxygens (including phenoxy) is 1. The standard InChI is InChI=1S/C88H68BN5O/c1-5-22-61(23-6-1)73-32-19-33-74(62-24-7-2-8-25-62)86(73)66-53-70(91-58-92(82-39-18-17-38-81(82)91)87-75(63-26-9-3-10-27-63)34-20-35-76(87)64-28-11-4-12-29-64)56-72(54-66)95-71-41-42-78-77-31-14-16-37-80(77)94(83(78)57-71)85-55-67(44-46-90-85)88(68-49-59-48-60(51-68)52-69(88)50-59)84-40-21-47-93-79-36-15-13-30-65(79)43-45-89(84)93/h1-47,53-57,59-60,68-69H,48-52,58H2. The minimum Gasteiger partial charge on any atom is -0.457 e. The second-order valence-corrected chi connectivity index (χ2v) is 27.0. The lowest BCUT2D eigenvalue weighted by atomic mass is 9.33. The van der Waals surface area contributed by atoms with Crippen LogP contribution in [0.1, 0.15) is 43.2 Å². The molecule has 0 atom stereocenters. The van der Waals surface area contributed by atoms with Gasteiger partial charge in [0.2, 0.25) is 0 Å². The normalized spacial score (nSPS) is 19.7. The number of fused-ring (bicyclic) bond motifs is 7. The molecule has 0 saturated heterocycles. The lowest BCUT2D eigenvalue weighted by molar-refractivity contribution is -0.0408. The highest BCUT2D eigenvalue weighted by Crippen LogP contribution is 2.66. The van der Waals surface area contributed by atoms with Gasteiger partial charge >= 0.3 is 6.85 Å². The van der Waals surface area contributed by atoms with Gasteiger partial charge in [-0.15, -0.1) is 0 Å². The maximum atomic E-state index is 7.54. The minimum absolute atomic E-state index is 0.135. The summed E-state index contributed by atoms with van der Waals surface area (Å²) in [5, 5.41) is 2.34. The van der Waals surface area contributed by atoms with Gasteiger partial charge in [-0.2, -0.15) is 0 Å². The van der Waals surface area contributed by atoms with Crippen molar-refractivity contribution in [1.29, 1.82) is 0 Å². The van der Waals surface area contributed by atoms with Gasteiger partial charge in [-0.25, -0.2) is 4.98 Å². The molecule has 0 radical (unpaired) electrons. The van der Waals surface area contributed by atoms with Gasteiger partial charge < -0.3 is 19.3 Å². The van der Waals surface area contributed by atoms with E-state index in [-0.39, 0.29) is 12.3 Å². The van der Waals surface area contributed by atoms with E-state index in [1.165, 1.54) is 82.0 Å². The molecular formula is C88H68BN5O. The van der Waals surface area contributed by atoms with Crippen molar-refractivity contribution in [1.82, 2.24) is 9.55 Å². The molecule has 4 bridgehead atoms. The molecule has 0 amide bonds. The van der Waals surface area contributed by atoms with Gasteiger partial charge in [0, 0.05) is 57.0 Å². The molecule has 4 fully saturated rings. The molecule has 5 heterocycles. The highest BCUT2D eigenvalue weighted by Gasteiger charge is 2.61. The molecule has 95 heavy (non-hydrogen) atoms. The average Bonchev–Trinajstić information content (AvgIpc) is 1.28. The number of allylic oxidation sites excluding steroid dienone is 3. The summed E-state index contributed by atoms with van der Waals surface area (Å²) in [6.07, 6.45) is 18.2. The molecule has 4 aliphatic carbocycles. The molecule has 7 aliphatic rings. The number of aromatic nitrogens is 2. The molecule has 0 spiro atoms. The third kappa shape index (κ3) is 9.11. The van der Waals surface area contributed by atoms with Crippen LogP contribution in [0, 0.1) is 23.7 Å². The summed E-state index contributed by atoms with van der Waals surface area (Å²) >= 11 is 0. The summed E-state index contributed by atoms with van der Waals surface area (Å²) in [6.45, 7) is 0.688. The van der Waals surface area contributed by atoms with Crippen LogP contribution in [0.3, 0.4) is 0 Å². The van der Waals surface area contributed by atoms with Crippen molar-refractivity contribution >= 4 is 63.2 Å². The summed E-state index contributed by atoms with van der Waals surface area (Å²) in [5.74, 6) is 7.61. The van der Waals surface area contributed by atoms with E-state index in [0.717, 1.165) is 102 Å². The molecule has 7 heteroatoms. The van der Waals surface area contributed by atoms with Crippen molar-refractivity contribution in [2.45, 2.75) is 37.5 Å². The van der Waals surface area contributed by atoms with Gasteiger partial charge in [-0.1, -0.05) is 230 Å². The molecule has 11 aromatic carbocycles. The van der Waals surface area contributed by atoms with E-state index in [1.807, 2.05) is 0 Å². The highest BCUT2D eigenvalue weighted by molar-refractivity contribution is 6.77. The zero-order chi connectivity index (χ0) is 62.6. The Bertz CT molecular complexity index is 5110. The molecular weight excluding hydrogens is 1150 g/mol. The van der Waals surface area contributed by atoms with Crippen molar-refractivity contribution in [2.24, 2.45) is 23.7 Å². The Hall–Kier alpha value is -11.1. The molecule has 454 valence electrons. The first-order valence-corrected chi connectivity index (χ1v) is 34.0. The number of hydrogen-bond donors (Lipinski definition) is 0. The third-order valence-corrected chi connectivity index (χ3v) is 22.0. The smallest absolute Gasteiger partial charge is 0.316 e. The van der Waals surface area contributed by atoms with E-state index in [2.05, 4.69) is 335 Å². The van der Waals surface area contributed by atoms with Gasteiger partial charge in [0.05, 0.1) is 28.1 Å². The first kappa shape index (κ1) is 55.5. The zero-order valence-electron chi connectivity index (χ0n) is 52.8. The summed E-state index contributed by atoms with van der Waals surface area (Å²) in [6, 6.07) is 102. The Kier molecular flexibility index (Phi) is 13.2. The molecule has 0 unspecified atom stereocenters. The fraction of sp³-hybridized carbons (Fsp3) is 0.125. The lowest BCUT2D eigenvalue weighted by Gasteiger charge is -2.63. The van der Waals surface area contributed by atoms with Crippen molar-refractivity contribution in [3.05, 3.63) is 326 Å². The Balaban J connectivity index is 0.774. The van der Waals surface area contributed by atoms with E-state index in [4.69, 9.17) is 9.72 Å². The number of rotatable bonds is 12. The fourth-order valence-electron chi connectivity index (χ4n) is 18.4. The molecule has 0 N–H and O–H groups in total. The van der Waals surface area contributed by atoms with Crippen molar-refractivity contribution in [3.63, 3.8) is 0 Å². The Labute approximate surface area is 555 Å². The van der Waals surface area contributed by atoms with E-state index >= 15 is 0 Å².